The first-order valence-corrected chi connectivity index (χ1v) is 6.43. The minimum Gasteiger partial charge on any atom is -0.478 e. The quantitative estimate of drug-likeness (QED) is 0.773. The van der Waals surface area contributed by atoms with Crippen LogP contribution in [0.2, 0.25) is 0 Å². The van der Waals surface area contributed by atoms with E-state index in [1.807, 2.05) is 6.92 Å². The van der Waals surface area contributed by atoms with Crippen molar-refractivity contribution in [1.82, 2.24) is 5.32 Å². The maximum atomic E-state index is 12.1. The molecule has 0 radical (unpaired) electrons. The minimum atomic E-state index is -1.03. The Kier molecular flexibility index (Phi) is 4.16. The average Bonchev–Trinajstić information content (AvgIpc) is 2.41. The molecule has 102 valence electrons. The Bertz CT molecular complexity index is 493. The number of aromatic carboxylic acids is 1. The van der Waals surface area contributed by atoms with Gasteiger partial charge in [0, 0.05) is 6.54 Å². The van der Waals surface area contributed by atoms with Gasteiger partial charge in [-0.3, -0.25) is 4.79 Å². The van der Waals surface area contributed by atoms with Crippen molar-refractivity contribution in [3.05, 3.63) is 29.3 Å². The molecule has 1 amide bonds. The molecular weight excluding hydrogens is 244 g/mol. The predicted molar refractivity (Wildman–Crippen MR) is 72.4 cm³/mol. The van der Waals surface area contributed by atoms with Crippen LogP contribution in [0.4, 0.5) is 5.69 Å². The van der Waals surface area contributed by atoms with Crippen molar-refractivity contribution < 1.29 is 14.7 Å². The van der Waals surface area contributed by atoms with E-state index >= 15 is 0 Å². The highest BCUT2D eigenvalue weighted by molar-refractivity contribution is 6.01. The number of carbonyl (C=O) groups excluding carboxylic acids is 1. The summed E-state index contributed by atoms with van der Waals surface area (Å²) in [5.74, 6) is -1.23. The van der Waals surface area contributed by atoms with E-state index in [1.54, 1.807) is 18.2 Å². The third-order valence-corrected chi connectivity index (χ3v) is 3.33. The SMILES string of the molecule is Cc1ccc(NC(=O)[C@H]2CCCNC2)c(C(=O)O)c1. The molecule has 1 aliphatic heterocycles. The van der Waals surface area contributed by atoms with Crippen molar-refractivity contribution >= 4 is 17.6 Å². The summed E-state index contributed by atoms with van der Waals surface area (Å²) in [7, 11) is 0. The topological polar surface area (TPSA) is 78.4 Å². The lowest BCUT2D eigenvalue weighted by Gasteiger charge is -2.22. The zero-order valence-corrected chi connectivity index (χ0v) is 10.9. The zero-order chi connectivity index (χ0) is 13.8. The molecule has 5 heteroatoms. The molecule has 1 saturated heterocycles. The van der Waals surface area contributed by atoms with Crippen molar-refractivity contribution in [3.8, 4) is 0 Å². The molecule has 0 unspecified atom stereocenters. The second-order valence-corrected chi connectivity index (χ2v) is 4.89. The molecule has 1 atom stereocenters. The number of carbonyl (C=O) groups is 2. The van der Waals surface area contributed by atoms with Gasteiger partial charge in [0.1, 0.15) is 0 Å². The van der Waals surface area contributed by atoms with Gasteiger partial charge in [0.15, 0.2) is 0 Å². The number of carboxylic acids is 1. The van der Waals surface area contributed by atoms with E-state index in [4.69, 9.17) is 5.11 Å². The number of carboxylic acid groups (broad SMARTS) is 1. The van der Waals surface area contributed by atoms with Crippen molar-refractivity contribution in [2.24, 2.45) is 5.92 Å². The molecule has 1 heterocycles. The van der Waals surface area contributed by atoms with Crippen molar-refractivity contribution in [2.45, 2.75) is 19.8 Å². The number of piperidine rings is 1. The summed E-state index contributed by atoms with van der Waals surface area (Å²) in [4.78, 5) is 23.3. The Hall–Kier alpha value is -1.88. The fourth-order valence-electron chi connectivity index (χ4n) is 2.25. The van der Waals surface area contributed by atoms with Gasteiger partial charge in [-0.1, -0.05) is 11.6 Å². The van der Waals surface area contributed by atoms with Gasteiger partial charge in [-0.05, 0) is 38.4 Å². The predicted octanol–water partition coefficient (Wildman–Crippen LogP) is 1.63. The first-order chi connectivity index (χ1) is 9.08. The number of rotatable bonds is 3. The Labute approximate surface area is 112 Å². The average molecular weight is 262 g/mol. The van der Waals surface area contributed by atoms with E-state index in [-0.39, 0.29) is 17.4 Å². The third kappa shape index (κ3) is 3.32. The second kappa shape index (κ2) is 5.84. The summed E-state index contributed by atoms with van der Waals surface area (Å²) in [5.41, 5.74) is 1.36. The normalized spacial score (nSPS) is 18.9. The molecule has 0 saturated carbocycles. The molecule has 2 rings (SSSR count). The second-order valence-electron chi connectivity index (χ2n) is 4.89. The van der Waals surface area contributed by atoms with Gasteiger partial charge < -0.3 is 15.7 Å². The molecule has 0 spiro atoms. The standard InChI is InChI=1S/C14H18N2O3/c1-9-4-5-12(11(7-9)14(18)19)16-13(17)10-3-2-6-15-8-10/h4-5,7,10,15H,2-3,6,8H2,1H3,(H,16,17)(H,18,19)/t10-/m0/s1. The van der Waals surface area contributed by atoms with E-state index in [9.17, 15) is 9.59 Å². The zero-order valence-electron chi connectivity index (χ0n) is 10.9. The van der Waals surface area contributed by atoms with Crippen molar-refractivity contribution in [1.29, 1.82) is 0 Å². The molecule has 0 aromatic heterocycles. The third-order valence-electron chi connectivity index (χ3n) is 3.33. The summed E-state index contributed by atoms with van der Waals surface area (Å²) >= 11 is 0. The Morgan fingerprint density at radius 1 is 1.42 bits per heavy atom. The number of benzene rings is 1. The molecule has 1 aromatic rings. The summed E-state index contributed by atoms with van der Waals surface area (Å²) in [6.07, 6.45) is 1.81. The molecule has 1 aromatic carbocycles. The number of anilines is 1. The maximum absolute atomic E-state index is 12.1. The van der Waals surface area contributed by atoms with E-state index in [1.165, 1.54) is 0 Å². The first-order valence-electron chi connectivity index (χ1n) is 6.43. The lowest BCUT2D eigenvalue weighted by Crippen LogP contribution is -2.37. The first kappa shape index (κ1) is 13.5. The van der Waals surface area contributed by atoms with Gasteiger partial charge in [0.05, 0.1) is 17.2 Å². The van der Waals surface area contributed by atoms with Crippen LogP contribution in [-0.2, 0) is 4.79 Å². The number of nitrogens with one attached hydrogen (secondary N) is 2. The highest BCUT2D eigenvalue weighted by Gasteiger charge is 2.22. The van der Waals surface area contributed by atoms with Gasteiger partial charge in [0.25, 0.3) is 0 Å². The molecule has 0 aliphatic carbocycles. The monoisotopic (exact) mass is 262 g/mol. The molecule has 1 aliphatic rings. The van der Waals surface area contributed by atoms with Gasteiger partial charge in [-0.25, -0.2) is 4.79 Å². The van der Waals surface area contributed by atoms with E-state index in [0.717, 1.165) is 24.9 Å². The molecule has 3 N–H and O–H groups in total. The number of amides is 1. The highest BCUT2D eigenvalue weighted by Crippen LogP contribution is 2.20. The number of aryl methyl sites for hydroxylation is 1. The van der Waals surface area contributed by atoms with Gasteiger partial charge in [-0.15, -0.1) is 0 Å². The smallest absolute Gasteiger partial charge is 0.337 e. The van der Waals surface area contributed by atoms with E-state index in [0.29, 0.717) is 12.2 Å². The molecular formula is C14H18N2O3. The van der Waals surface area contributed by atoms with Crippen LogP contribution in [0.3, 0.4) is 0 Å². The van der Waals surface area contributed by atoms with Crippen LogP contribution in [0.5, 0.6) is 0 Å². The van der Waals surface area contributed by atoms with Crippen LogP contribution in [-0.4, -0.2) is 30.1 Å². The Morgan fingerprint density at radius 2 is 2.21 bits per heavy atom. The Morgan fingerprint density at radius 3 is 2.84 bits per heavy atom. The minimum absolute atomic E-state index is 0.0864. The molecule has 19 heavy (non-hydrogen) atoms. The Balaban J connectivity index is 2.13. The maximum Gasteiger partial charge on any atom is 0.337 e. The fourth-order valence-corrected chi connectivity index (χ4v) is 2.25. The van der Waals surface area contributed by atoms with Crippen LogP contribution in [0.25, 0.3) is 0 Å². The van der Waals surface area contributed by atoms with Crippen molar-refractivity contribution in [3.63, 3.8) is 0 Å². The molecule has 1 fully saturated rings. The summed E-state index contributed by atoms with van der Waals surface area (Å²) in [6, 6.07) is 5.01. The van der Waals surface area contributed by atoms with Crippen LogP contribution in [0.15, 0.2) is 18.2 Å². The van der Waals surface area contributed by atoms with Crippen LogP contribution in [0, 0.1) is 12.8 Å². The van der Waals surface area contributed by atoms with E-state index < -0.39 is 5.97 Å². The summed E-state index contributed by atoms with van der Waals surface area (Å²) < 4.78 is 0. The van der Waals surface area contributed by atoms with E-state index in [2.05, 4.69) is 10.6 Å². The fraction of sp³-hybridized carbons (Fsp3) is 0.429. The lowest BCUT2D eigenvalue weighted by molar-refractivity contribution is -0.120. The van der Waals surface area contributed by atoms with Crippen LogP contribution in [0.1, 0.15) is 28.8 Å². The number of hydrogen-bond donors (Lipinski definition) is 3. The van der Waals surface area contributed by atoms with Gasteiger partial charge >= 0.3 is 5.97 Å². The van der Waals surface area contributed by atoms with Gasteiger partial charge in [-0.2, -0.15) is 0 Å². The van der Waals surface area contributed by atoms with Crippen LogP contribution < -0.4 is 10.6 Å². The largest absolute Gasteiger partial charge is 0.478 e. The summed E-state index contributed by atoms with van der Waals surface area (Å²) in [6.45, 7) is 3.41. The lowest BCUT2D eigenvalue weighted by atomic mass is 9.98. The van der Waals surface area contributed by atoms with Crippen molar-refractivity contribution in [2.75, 3.05) is 18.4 Å². The van der Waals surface area contributed by atoms with Crippen LogP contribution >= 0.6 is 0 Å². The van der Waals surface area contributed by atoms with Gasteiger partial charge in [0.2, 0.25) is 5.91 Å². The summed E-state index contributed by atoms with van der Waals surface area (Å²) in [5, 5.41) is 15.0. The molecule has 5 nitrogen and oxygen atoms in total. The number of hydrogen-bond acceptors (Lipinski definition) is 3. The highest BCUT2D eigenvalue weighted by atomic mass is 16.4. The molecule has 0 bridgehead atoms.